The number of hydrogen-bond acceptors (Lipinski definition) is 3. The Balaban J connectivity index is 1.87. The number of ether oxygens (including phenoxy) is 1. The second-order valence-corrected chi connectivity index (χ2v) is 5.84. The summed E-state index contributed by atoms with van der Waals surface area (Å²) in [4.78, 5) is 2.16. The summed E-state index contributed by atoms with van der Waals surface area (Å²) < 4.78 is 20.2. The van der Waals surface area contributed by atoms with Crippen LogP contribution in [-0.2, 0) is 4.74 Å². The minimum Gasteiger partial charge on any atom is -0.389 e. The van der Waals surface area contributed by atoms with Gasteiger partial charge < -0.3 is 14.7 Å². The van der Waals surface area contributed by atoms with E-state index >= 15 is 0 Å². The summed E-state index contributed by atoms with van der Waals surface area (Å²) in [7, 11) is 0. The molecule has 4 heteroatoms. The molecule has 1 N–H and O–H groups in total. The van der Waals surface area contributed by atoms with Crippen LogP contribution in [0.25, 0.3) is 0 Å². The Morgan fingerprint density at radius 2 is 2.15 bits per heavy atom. The van der Waals surface area contributed by atoms with Crippen LogP contribution in [0.15, 0.2) is 18.2 Å². The predicted octanol–water partition coefficient (Wildman–Crippen LogP) is 3.03. The molecule has 20 heavy (non-hydrogen) atoms. The standard InChI is InChI=1S/C16H22FNO2/c1-11(19)12-6-7-14(13(17)10-12)18-8-9-20-16-5-3-2-4-15(16)18/h6-7,10-11,15-16,19H,2-5,8-9H2,1H3/t11-,15?,16?/m0/s1. The minimum absolute atomic E-state index is 0.241. The van der Waals surface area contributed by atoms with Crippen molar-refractivity contribution in [2.24, 2.45) is 0 Å². The van der Waals surface area contributed by atoms with Gasteiger partial charge in [-0.15, -0.1) is 0 Å². The number of nitrogens with zero attached hydrogens (tertiary/aromatic N) is 1. The molecule has 2 unspecified atom stereocenters. The molecular weight excluding hydrogens is 257 g/mol. The molecular formula is C16H22FNO2. The highest BCUT2D eigenvalue weighted by Crippen LogP contribution is 2.33. The van der Waals surface area contributed by atoms with Crippen LogP contribution >= 0.6 is 0 Å². The van der Waals surface area contributed by atoms with Crippen molar-refractivity contribution in [3.05, 3.63) is 29.6 Å². The summed E-state index contributed by atoms with van der Waals surface area (Å²) in [5.41, 5.74) is 1.27. The lowest BCUT2D eigenvalue weighted by Crippen LogP contribution is -2.53. The fourth-order valence-corrected chi connectivity index (χ4v) is 3.41. The van der Waals surface area contributed by atoms with Gasteiger partial charge in [-0.25, -0.2) is 4.39 Å². The third-order valence-electron chi connectivity index (χ3n) is 4.50. The van der Waals surface area contributed by atoms with E-state index in [1.54, 1.807) is 13.0 Å². The minimum atomic E-state index is -0.634. The predicted molar refractivity (Wildman–Crippen MR) is 76.4 cm³/mol. The summed E-state index contributed by atoms with van der Waals surface area (Å²) in [5.74, 6) is -0.241. The molecule has 3 rings (SSSR count). The van der Waals surface area contributed by atoms with Crippen molar-refractivity contribution in [1.82, 2.24) is 0 Å². The van der Waals surface area contributed by atoms with Crippen molar-refractivity contribution < 1.29 is 14.2 Å². The first-order valence-corrected chi connectivity index (χ1v) is 7.52. The quantitative estimate of drug-likeness (QED) is 0.903. The molecule has 0 radical (unpaired) electrons. The SMILES string of the molecule is C[C@H](O)c1ccc(N2CCOC3CCCCC32)c(F)c1. The number of halogens is 1. The number of hydrogen-bond donors (Lipinski definition) is 1. The average molecular weight is 279 g/mol. The Morgan fingerprint density at radius 1 is 1.35 bits per heavy atom. The van der Waals surface area contributed by atoms with Crippen molar-refractivity contribution in [3.63, 3.8) is 0 Å². The van der Waals surface area contributed by atoms with Crippen LogP contribution in [0, 0.1) is 5.82 Å². The van der Waals surface area contributed by atoms with E-state index in [1.807, 2.05) is 6.07 Å². The summed E-state index contributed by atoms with van der Waals surface area (Å²) in [5, 5.41) is 9.54. The van der Waals surface area contributed by atoms with E-state index in [2.05, 4.69) is 4.90 Å². The molecule has 1 aromatic carbocycles. The molecule has 1 heterocycles. The first-order valence-electron chi connectivity index (χ1n) is 7.52. The largest absolute Gasteiger partial charge is 0.389 e. The van der Waals surface area contributed by atoms with Gasteiger partial charge in [-0.2, -0.15) is 0 Å². The van der Waals surface area contributed by atoms with Crippen LogP contribution < -0.4 is 4.90 Å². The summed E-state index contributed by atoms with van der Waals surface area (Å²) in [6.45, 7) is 3.06. The van der Waals surface area contributed by atoms with Gasteiger partial charge >= 0.3 is 0 Å². The van der Waals surface area contributed by atoms with E-state index < -0.39 is 6.10 Å². The van der Waals surface area contributed by atoms with E-state index in [4.69, 9.17) is 4.74 Å². The molecule has 1 aromatic rings. The van der Waals surface area contributed by atoms with Crippen LogP contribution in [0.1, 0.15) is 44.3 Å². The van der Waals surface area contributed by atoms with Crippen LogP contribution in [0.5, 0.6) is 0 Å². The maximum atomic E-state index is 14.4. The Labute approximate surface area is 119 Å². The number of morpholine rings is 1. The van der Waals surface area contributed by atoms with Gasteiger partial charge in [-0.05, 0) is 37.5 Å². The van der Waals surface area contributed by atoms with Gasteiger partial charge in [0.15, 0.2) is 0 Å². The molecule has 0 bridgehead atoms. The van der Waals surface area contributed by atoms with Crippen LogP contribution in [0.2, 0.25) is 0 Å². The molecule has 0 aromatic heterocycles. The van der Waals surface area contributed by atoms with Crippen LogP contribution in [0.4, 0.5) is 10.1 Å². The van der Waals surface area contributed by atoms with E-state index in [0.717, 1.165) is 19.4 Å². The lowest BCUT2D eigenvalue weighted by atomic mass is 9.89. The molecule has 3 nitrogen and oxygen atoms in total. The molecule has 3 atom stereocenters. The van der Waals surface area contributed by atoms with Gasteiger partial charge in [-0.3, -0.25) is 0 Å². The second kappa shape index (κ2) is 5.70. The first-order chi connectivity index (χ1) is 9.66. The molecule has 0 spiro atoms. The van der Waals surface area contributed by atoms with Gasteiger partial charge in [0.05, 0.1) is 30.5 Å². The lowest BCUT2D eigenvalue weighted by molar-refractivity contribution is -0.00891. The summed E-state index contributed by atoms with van der Waals surface area (Å²) in [6.07, 6.45) is 4.16. The molecule has 1 saturated heterocycles. The highest BCUT2D eigenvalue weighted by atomic mass is 19.1. The molecule has 1 saturated carbocycles. The zero-order chi connectivity index (χ0) is 14.1. The molecule has 2 aliphatic rings. The third-order valence-corrected chi connectivity index (χ3v) is 4.50. The van der Waals surface area contributed by atoms with E-state index in [-0.39, 0.29) is 11.9 Å². The highest BCUT2D eigenvalue weighted by Gasteiger charge is 2.35. The van der Waals surface area contributed by atoms with Gasteiger partial charge in [0.25, 0.3) is 0 Å². The lowest BCUT2D eigenvalue weighted by Gasteiger charge is -2.45. The van der Waals surface area contributed by atoms with E-state index in [1.165, 1.54) is 18.9 Å². The van der Waals surface area contributed by atoms with E-state index in [0.29, 0.717) is 23.9 Å². The van der Waals surface area contributed by atoms with Gasteiger partial charge in [0.2, 0.25) is 0 Å². The number of rotatable bonds is 2. The number of aliphatic hydroxyl groups excluding tert-OH is 1. The molecule has 0 amide bonds. The Kier molecular flexibility index (Phi) is 3.94. The average Bonchev–Trinajstić information content (AvgIpc) is 2.46. The Bertz CT molecular complexity index is 476. The first kappa shape index (κ1) is 13.8. The van der Waals surface area contributed by atoms with Crippen molar-refractivity contribution in [2.75, 3.05) is 18.1 Å². The van der Waals surface area contributed by atoms with Gasteiger partial charge in [0.1, 0.15) is 5.82 Å². The number of anilines is 1. The van der Waals surface area contributed by atoms with Crippen molar-refractivity contribution >= 4 is 5.69 Å². The number of fused-ring (bicyclic) bond motifs is 1. The van der Waals surface area contributed by atoms with Gasteiger partial charge in [0, 0.05) is 6.54 Å². The van der Waals surface area contributed by atoms with Crippen molar-refractivity contribution in [3.8, 4) is 0 Å². The molecule has 2 fully saturated rings. The smallest absolute Gasteiger partial charge is 0.146 e. The van der Waals surface area contributed by atoms with Crippen molar-refractivity contribution in [2.45, 2.75) is 50.9 Å². The van der Waals surface area contributed by atoms with E-state index in [9.17, 15) is 9.50 Å². The van der Waals surface area contributed by atoms with Crippen LogP contribution in [-0.4, -0.2) is 30.4 Å². The Morgan fingerprint density at radius 3 is 2.90 bits per heavy atom. The molecule has 1 aliphatic carbocycles. The molecule has 1 aliphatic heterocycles. The second-order valence-electron chi connectivity index (χ2n) is 5.84. The maximum absolute atomic E-state index is 14.4. The fourth-order valence-electron chi connectivity index (χ4n) is 3.41. The highest BCUT2D eigenvalue weighted by molar-refractivity contribution is 5.51. The summed E-state index contributed by atoms with van der Waals surface area (Å²) in [6, 6.07) is 5.36. The van der Waals surface area contributed by atoms with Crippen molar-refractivity contribution in [1.29, 1.82) is 0 Å². The monoisotopic (exact) mass is 279 g/mol. The zero-order valence-corrected chi connectivity index (χ0v) is 11.9. The van der Waals surface area contributed by atoms with Gasteiger partial charge in [-0.1, -0.05) is 18.9 Å². The summed E-state index contributed by atoms with van der Waals surface area (Å²) >= 11 is 0. The fraction of sp³-hybridized carbons (Fsp3) is 0.625. The Hall–Kier alpha value is -1.13. The maximum Gasteiger partial charge on any atom is 0.146 e. The number of benzene rings is 1. The molecule has 110 valence electrons. The normalized spacial score (nSPS) is 28.1. The van der Waals surface area contributed by atoms with Crippen LogP contribution in [0.3, 0.4) is 0 Å². The number of aliphatic hydroxyl groups is 1. The topological polar surface area (TPSA) is 32.7 Å². The zero-order valence-electron chi connectivity index (χ0n) is 11.9. The third kappa shape index (κ3) is 2.54.